The highest BCUT2D eigenvalue weighted by Crippen LogP contribution is 2.25. The number of hydrogen-bond acceptors (Lipinski definition) is 3. The summed E-state index contributed by atoms with van der Waals surface area (Å²) >= 11 is 0. The number of phenolic OH excluding ortho intramolecular Hbond substituents is 2. The lowest BCUT2D eigenvalue weighted by atomic mass is 10.2. The van der Waals surface area contributed by atoms with Crippen LogP contribution in [0.3, 0.4) is 0 Å². The highest BCUT2D eigenvalue weighted by atomic mass is 16.3. The topological polar surface area (TPSA) is 60.8 Å². The van der Waals surface area contributed by atoms with Crippen LogP contribution in [0, 0.1) is 0 Å². The van der Waals surface area contributed by atoms with E-state index >= 15 is 0 Å². The molecule has 4 heteroatoms. The number of likely N-dealkylation sites (N-methyl/N-ethyl adjacent to an activating group) is 1. The van der Waals surface area contributed by atoms with E-state index in [1.165, 1.54) is 23.1 Å². The Labute approximate surface area is 88.1 Å². The number of carbonyl (C=O) groups excluding carboxylic acids is 1. The Morgan fingerprint density at radius 2 is 1.93 bits per heavy atom. The molecule has 2 N–H and O–H groups in total. The van der Waals surface area contributed by atoms with Gasteiger partial charge in [0, 0.05) is 20.2 Å². The van der Waals surface area contributed by atoms with Gasteiger partial charge in [0.1, 0.15) is 0 Å². The summed E-state index contributed by atoms with van der Waals surface area (Å²) < 4.78 is 0. The van der Waals surface area contributed by atoms with Crippen LogP contribution < -0.4 is 0 Å². The number of aromatic hydroxyl groups is 2. The second kappa shape index (κ2) is 4.50. The minimum absolute atomic E-state index is 0.137. The van der Waals surface area contributed by atoms with Crippen molar-refractivity contribution in [1.82, 2.24) is 4.90 Å². The van der Waals surface area contributed by atoms with E-state index in [1.54, 1.807) is 26.2 Å². The minimum Gasteiger partial charge on any atom is -0.504 e. The van der Waals surface area contributed by atoms with Gasteiger partial charge < -0.3 is 15.1 Å². The van der Waals surface area contributed by atoms with Crippen LogP contribution in [0.15, 0.2) is 24.3 Å². The van der Waals surface area contributed by atoms with Gasteiger partial charge in [-0.05, 0) is 23.8 Å². The average molecular weight is 207 g/mol. The molecular weight excluding hydrogens is 194 g/mol. The van der Waals surface area contributed by atoms with Crippen molar-refractivity contribution in [1.29, 1.82) is 0 Å². The normalized spacial score (nSPS) is 10.5. The van der Waals surface area contributed by atoms with Crippen molar-refractivity contribution >= 4 is 12.0 Å². The molecule has 0 heterocycles. The van der Waals surface area contributed by atoms with Gasteiger partial charge in [-0.3, -0.25) is 4.79 Å². The van der Waals surface area contributed by atoms with Crippen LogP contribution in [0.1, 0.15) is 5.56 Å². The lowest BCUT2D eigenvalue weighted by Crippen LogP contribution is -2.18. The number of phenols is 2. The summed E-state index contributed by atoms with van der Waals surface area (Å²) in [6.45, 7) is 0. The van der Waals surface area contributed by atoms with Crippen LogP contribution in [-0.4, -0.2) is 35.1 Å². The summed E-state index contributed by atoms with van der Waals surface area (Å²) in [4.78, 5) is 12.6. The fourth-order valence-electron chi connectivity index (χ4n) is 0.961. The molecule has 0 unspecified atom stereocenters. The van der Waals surface area contributed by atoms with Crippen LogP contribution in [0.2, 0.25) is 0 Å². The molecule has 0 aliphatic heterocycles. The minimum atomic E-state index is -0.200. The van der Waals surface area contributed by atoms with Crippen molar-refractivity contribution in [2.75, 3.05) is 14.1 Å². The average Bonchev–Trinajstić information content (AvgIpc) is 2.19. The second-order valence-corrected chi connectivity index (χ2v) is 3.31. The summed E-state index contributed by atoms with van der Waals surface area (Å²) in [5.74, 6) is -0.511. The number of amides is 1. The Morgan fingerprint density at radius 1 is 1.27 bits per heavy atom. The Bertz CT molecular complexity index is 397. The van der Waals surface area contributed by atoms with Crippen LogP contribution >= 0.6 is 0 Å². The molecule has 80 valence electrons. The van der Waals surface area contributed by atoms with E-state index in [2.05, 4.69) is 0 Å². The number of hydrogen-bond donors (Lipinski definition) is 2. The van der Waals surface area contributed by atoms with E-state index in [0.29, 0.717) is 5.56 Å². The van der Waals surface area contributed by atoms with Crippen LogP contribution in [0.25, 0.3) is 6.08 Å². The molecule has 0 aromatic heterocycles. The van der Waals surface area contributed by atoms with Gasteiger partial charge in [0.05, 0.1) is 0 Å². The van der Waals surface area contributed by atoms with Crippen LogP contribution in [0.5, 0.6) is 11.5 Å². The highest BCUT2D eigenvalue weighted by molar-refractivity contribution is 5.91. The molecule has 1 aromatic rings. The first-order chi connectivity index (χ1) is 7.00. The molecule has 0 saturated carbocycles. The Kier molecular flexibility index (Phi) is 3.33. The molecule has 0 radical (unpaired) electrons. The van der Waals surface area contributed by atoms with Crippen molar-refractivity contribution < 1.29 is 15.0 Å². The maximum atomic E-state index is 11.2. The number of rotatable bonds is 2. The van der Waals surface area contributed by atoms with Gasteiger partial charge in [0.25, 0.3) is 0 Å². The van der Waals surface area contributed by atoms with E-state index < -0.39 is 0 Å². The first kappa shape index (κ1) is 11.1. The SMILES string of the molecule is CN(C)C(=O)C=Cc1ccc(O)c(O)c1. The van der Waals surface area contributed by atoms with Gasteiger partial charge in [-0.15, -0.1) is 0 Å². The molecule has 0 aliphatic rings. The molecule has 15 heavy (non-hydrogen) atoms. The van der Waals surface area contributed by atoms with Crippen molar-refractivity contribution in [3.8, 4) is 11.5 Å². The number of nitrogens with zero attached hydrogens (tertiary/aromatic N) is 1. The van der Waals surface area contributed by atoms with E-state index in [1.807, 2.05) is 0 Å². The molecule has 0 fully saturated rings. The zero-order chi connectivity index (χ0) is 11.4. The predicted molar refractivity (Wildman–Crippen MR) is 57.5 cm³/mol. The maximum absolute atomic E-state index is 11.2. The number of benzene rings is 1. The first-order valence-electron chi connectivity index (χ1n) is 4.42. The van der Waals surface area contributed by atoms with E-state index in [-0.39, 0.29) is 17.4 Å². The summed E-state index contributed by atoms with van der Waals surface area (Å²) in [6.07, 6.45) is 2.97. The molecule has 0 saturated heterocycles. The highest BCUT2D eigenvalue weighted by Gasteiger charge is 2.00. The van der Waals surface area contributed by atoms with Crippen LogP contribution in [0.4, 0.5) is 0 Å². The molecule has 1 aromatic carbocycles. The Hall–Kier alpha value is -1.97. The standard InChI is InChI=1S/C11H13NO3/c1-12(2)11(15)6-4-8-3-5-9(13)10(14)7-8/h3-7,13-14H,1-2H3. The van der Waals surface area contributed by atoms with Crippen molar-refractivity contribution in [2.45, 2.75) is 0 Å². The first-order valence-corrected chi connectivity index (χ1v) is 4.42. The van der Waals surface area contributed by atoms with Crippen molar-refractivity contribution in [3.63, 3.8) is 0 Å². The van der Waals surface area contributed by atoms with E-state index in [0.717, 1.165) is 0 Å². The van der Waals surface area contributed by atoms with Gasteiger partial charge in [-0.1, -0.05) is 6.07 Å². The maximum Gasteiger partial charge on any atom is 0.246 e. The monoisotopic (exact) mass is 207 g/mol. The molecular formula is C11H13NO3. The van der Waals surface area contributed by atoms with Gasteiger partial charge in [0.15, 0.2) is 11.5 Å². The fourth-order valence-corrected chi connectivity index (χ4v) is 0.961. The predicted octanol–water partition coefficient (Wildman–Crippen LogP) is 1.20. The third-order valence-corrected chi connectivity index (χ3v) is 1.86. The van der Waals surface area contributed by atoms with Gasteiger partial charge in [-0.2, -0.15) is 0 Å². The van der Waals surface area contributed by atoms with Gasteiger partial charge >= 0.3 is 0 Å². The summed E-state index contributed by atoms with van der Waals surface area (Å²) in [5.41, 5.74) is 0.653. The summed E-state index contributed by atoms with van der Waals surface area (Å²) in [6, 6.07) is 4.36. The number of carbonyl (C=O) groups is 1. The lowest BCUT2D eigenvalue weighted by Gasteiger charge is -2.05. The fraction of sp³-hybridized carbons (Fsp3) is 0.182. The molecule has 0 atom stereocenters. The molecule has 0 bridgehead atoms. The largest absolute Gasteiger partial charge is 0.504 e. The van der Waals surface area contributed by atoms with E-state index in [4.69, 9.17) is 5.11 Å². The molecule has 0 aliphatic carbocycles. The summed E-state index contributed by atoms with van der Waals surface area (Å²) in [7, 11) is 3.31. The third kappa shape index (κ3) is 3.02. The molecule has 0 spiro atoms. The van der Waals surface area contributed by atoms with Crippen LogP contribution in [-0.2, 0) is 4.79 Å². The third-order valence-electron chi connectivity index (χ3n) is 1.86. The molecule has 1 rings (SSSR count). The lowest BCUT2D eigenvalue weighted by molar-refractivity contribution is -0.123. The Balaban J connectivity index is 2.81. The van der Waals surface area contributed by atoms with E-state index in [9.17, 15) is 9.90 Å². The van der Waals surface area contributed by atoms with Crippen molar-refractivity contribution in [2.24, 2.45) is 0 Å². The second-order valence-electron chi connectivity index (χ2n) is 3.31. The smallest absolute Gasteiger partial charge is 0.246 e. The quantitative estimate of drug-likeness (QED) is 0.566. The molecule has 1 amide bonds. The van der Waals surface area contributed by atoms with Gasteiger partial charge in [-0.25, -0.2) is 0 Å². The van der Waals surface area contributed by atoms with Gasteiger partial charge in [0.2, 0.25) is 5.91 Å². The molecule has 4 nitrogen and oxygen atoms in total. The Morgan fingerprint density at radius 3 is 2.47 bits per heavy atom. The summed E-state index contributed by atoms with van der Waals surface area (Å²) in [5, 5.41) is 18.3. The zero-order valence-electron chi connectivity index (χ0n) is 8.64. The zero-order valence-corrected chi connectivity index (χ0v) is 8.64. The van der Waals surface area contributed by atoms with Crippen molar-refractivity contribution in [3.05, 3.63) is 29.8 Å².